The third-order valence-corrected chi connectivity index (χ3v) is 5.04. The molecule has 2 aromatic rings. The molecule has 1 amide bonds. The van der Waals surface area contributed by atoms with Crippen LogP contribution in [0.5, 0.6) is 0 Å². The number of hydrogen-bond donors (Lipinski definition) is 1. The third-order valence-electron chi connectivity index (χ3n) is 3.87. The Morgan fingerprint density at radius 2 is 2.12 bits per heavy atom. The minimum Gasteiger partial charge on any atom is -0.392 e. The minimum atomic E-state index is 0.0117. The summed E-state index contributed by atoms with van der Waals surface area (Å²) in [4.78, 5) is 21.5. The number of carbonyl (C=O) groups excluding carboxylic acids is 1. The van der Waals surface area contributed by atoms with Crippen molar-refractivity contribution in [2.45, 2.75) is 6.61 Å². The lowest BCUT2D eigenvalue weighted by molar-refractivity contribution is -0.126. The number of halogens is 1. The average molecular weight is 364 g/mol. The maximum absolute atomic E-state index is 12.3. The molecule has 0 atom stereocenters. The van der Waals surface area contributed by atoms with Crippen LogP contribution in [0.2, 0.25) is 5.02 Å². The molecule has 1 N–H and O–H groups in total. The van der Waals surface area contributed by atoms with E-state index < -0.39 is 0 Å². The molecule has 0 saturated carbocycles. The summed E-state index contributed by atoms with van der Waals surface area (Å²) in [5.41, 5.74) is 0.871. The van der Waals surface area contributed by atoms with E-state index in [0.717, 1.165) is 29.3 Å². The van der Waals surface area contributed by atoms with E-state index in [0.29, 0.717) is 18.1 Å². The molecule has 7 heteroatoms. The number of carbonyl (C=O) groups is 1. The van der Waals surface area contributed by atoms with Crippen molar-refractivity contribution < 1.29 is 9.90 Å². The van der Waals surface area contributed by atoms with Crippen LogP contribution in [0.4, 0.5) is 5.82 Å². The van der Waals surface area contributed by atoms with Crippen LogP contribution in [-0.4, -0.2) is 47.1 Å². The van der Waals surface area contributed by atoms with Crippen LogP contribution in [0.25, 0.3) is 6.08 Å². The average Bonchev–Trinajstić information content (AvgIpc) is 3.09. The fraction of sp³-hybridized carbons (Fsp3) is 0.294. The van der Waals surface area contributed by atoms with Gasteiger partial charge in [-0.3, -0.25) is 4.79 Å². The predicted molar refractivity (Wildman–Crippen MR) is 97.3 cm³/mol. The largest absolute Gasteiger partial charge is 0.392 e. The van der Waals surface area contributed by atoms with Crippen LogP contribution in [0, 0.1) is 0 Å². The quantitative estimate of drug-likeness (QED) is 0.848. The van der Waals surface area contributed by atoms with Crippen LogP contribution in [0.15, 0.2) is 35.9 Å². The van der Waals surface area contributed by atoms with Crippen molar-refractivity contribution in [1.29, 1.82) is 0 Å². The molecule has 1 saturated heterocycles. The van der Waals surface area contributed by atoms with Gasteiger partial charge in [0.15, 0.2) is 0 Å². The summed E-state index contributed by atoms with van der Waals surface area (Å²) < 4.78 is 0. The maximum Gasteiger partial charge on any atom is 0.246 e. The number of hydrogen-bond acceptors (Lipinski definition) is 5. The molecule has 126 valence electrons. The minimum absolute atomic E-state index is 0.0117. The highest BCUT2D eigenvalue weighted by Gasteiger charge is 2.20. The normalized spacial score (nSPS) is 15.2. The first kappa shape index (κ1) is 17.0. The van der Waals surface area contributed by atoms with E-state index in [1.807, 2.05) is 28.5 Å². The Labute approximate surface area is 149 Å². The van der Waals surface area contributed by atoms with Crippen LogP contribution in [0.3, 0.4) is 0 Å². The van der Waals surface area contributed by atoms with Crippen molar-refractivity contribution in [2.24, 2.45) is 0 Å². The van der Waals surface area contributed by atoms with Gasteiger partial charge in [-0.15, -0.1) is 11.3 Å². The monoisotopic (exact) mass is 363 g/mol. The van der Waals surface area contributed by atoms with Gasteiger partial charge in [0.1, 0.15) is 5.82 Å². The fourth-order valence-electron chi connectivity index (χ4n) is 2.53. The Bertz CT molecular complexity index is 722. The zero-order chi connectivity index (χ0) is 16.9. The molecule has 0 unspecified atom stereocenters. The highest BCUT2D eigenvalue weighted by atomic mass is 35.5. The first-order valence-electron chi connectivity index (χ1n) is 7.67. The molecule has 1 fully saturated rings. The molecular formula is C17H18ClN3O2S. The van der Waals surface area contributed by atoms with Crippen LogP contribution >= 0.6 is 22.9 Å². The van der Waals surface area contributed by atoms with E-state index in [2.05, 4.69) is 9.88 Å². The smallest absolute Gasteiger partial charge is 0.246 e. The number of anilines is 1. The van der Waals surface area contributed by atoms with Gasteiger partial charge in [0, 0.05) is 43.3 Å². The molecular weight excluding hydrogens is 346 g/mol. The summed E-state index contributed by atoms with van der Waals surface area (Å²) in [6, 6.07) is 5.61. The molecule has 0 aromatic carbocycles. The van der Waals surface area contributed by atoms with E-state index >= 15 is 0 Å². The van der Waals surface area contributed by atoms with Crippen LogP contribution < -0.4 is 4.90 Å². The standard InChI is InChI=1S/C17H18ClN3O2S/c18-14-1-3-16(19-10-14)20-5-7-21(8-6-20)17(23)4-2-15-9-13(11-22)12-24-15/h1-4,9-10,12,22H,5-8,11H2/b4-2+. The van der Waals surface area contributed by atoms with Gasteiger partial charge in [-0.25, -0.2) is 4.98 Å². The Balaban J connectivity index is 1.54. The zero-order valence-electron chi connectivity index (χ0n) is 13.1. The molecule has 0 aliphatic carbocycles. The predicted octanol–water partition coefficient (Wildman–Crippen LogP) is 2.65. The van der Waals surface area contributed by atoms with Crippen molar-refractivity contribution in [3.63, 3.8) is 0 Å². The molecule has 1 aliphatic heterocycles. The molecule has 0 radical (unpaired) electrons. The molecule has 24 heavy (non-hydrogen) atoms. The Hall–Kier alpha value is -1.89. The number of aliphatic hydroxyl groups is 1. The highest BCUT2D eigenvalue weighted by molar-refractivity contribution is 7.11. The Morgan fingerprint density at radius 3 is 2.75 bits per heavy atom. The SMILES string of the molecule is O=C(/C=C/c1cc(CO)cs1)N1CCN(c2ccc(Cl)cn2)CC1. The molecule has 1 aliphatic rings. The fourth-order valence-corrected chi connectivity index (χ4v) is 3.44. The van der Waals surface area contributed by atoms with Crippen LogP contribution in [-0.2, 0) is 11.4 Å². The second-order valence-electron chi connectivity index (χ2n) is 5.50. The number of nitrogens with zero attached hydrogens (tertiary/aromatic N) is 3. The van der Waals surface area contributed by atoms with Gasteiger partial charge >= 0.3 is 0 Å². The third kappa shape index (κ3) is 4.14. The molecule has 3 rings (SSSR count). The number of aromatic nitrogens is 1. The zero-order valence-corrected chi connectivity index (χ0v) is 14.6. The van der Waals surface area contributed by atoms with Crippen molar-refractivity contribution >= 4 is 40.7 Å². The lowest BCUT2D eigenvalue weighted by Gasteiger charge is -2.34. The first-order valence-corrected chi connectivity index (χ1v) is 8.93. The topological polar surface area (TPSA) is 56.7 Å². The van der Waals surface area contributed by atoms with Crippen molar-refractivity contribution in [2.75, 3.05) is 31.1 Å². The van der Waals surface area contributed by atoms with Gasteiger partial charge in [-0.05, 0) is 35.2 Å². The molecule has 3 heterocycles. The number of aliphatic hydroxyl groups excluding tert-OH is 1. The molecule has 5 nitrogen and oxygen atoms in total. The van der Waals surface area contributed by atoms with Crippen molar-refractivity contribution in [1.82, 2.24) is 9.88 Å². The highest BCUT2D eigenvalue weighted by Crippen LogP contribution is 2.18. The lowest BCUT2D eigenvalue weighted by atomic mass is 10.2. The Kier molecular flexibility index (Phi) is 5.50. The van der Waals surface area contributed by atoms with Gasteiger partial charge in [0.05, 0.1) is 11.6 Å². The molecule has 2 aromatic heterocycles. The molecule has 0 spiro atoms. The maximum atomic E-state index is 12.3. The summed E-state index contributed by atoms with van der Waals surface area (Å²) in [6.45, 7) is 2.86. The Morgan fingerprint density at radius 1 is 1.33 bits per heavy atom. The second kappa shape index (κ2) is 7.79. The summed E-state index contributed by atoms with van der Waals surface area (Å²) in [5.74, 6) is 0.898. The number of thiophene rings is 1. The van der Waals surface area contributed by atoms with E-state index in [9.17, 15) is 4.79 Å². The number of amides is 1. The van der Waals surface area contributed by atoms with E-state index in [4.69, 9.17) is 16.7 Å². The summed E-state index contributed by atoms with van der Waals surface area (Å²) >= 11 is 7.37. The van der Waals surface area contributed by atoms with Gasteiger partial charge < -0.3 is 14.9 Å². The van der Waals surface area contributed by atoms with E-state index in [1.54, 1.807) is 18.3 Å². The van der Waals surface area contributed by atoms with Crippen LogP contribution in [0.1, 0.15) is 10.4 Å². The molecule has 0 bridgehead atoms. The van der Waals surface area contributed by atoms with Gasteiger partial charge in [-0.1, -0.05) is 11.6 Å². The second-order valence-corrected chi connectivity index (χ2v) is 6.87. The van der Waals surface area contributed by atoms with E-state index in [-0.39, 0.29) is 12.5 Å². The summed E-state index contributed by atoms with van der Waals surface area (Å²) in [7, 11) is 0. The summed E-state index contributed by atoms with van der Waals surface area (Å²) in [6.07, 6.45) is 5.04. The number of piperazine rings is 1. The van der Waals surface area contributed by atoms with Gasteiger partial charge in [0.25, 0.3) is 0 Å². The van der Waals surface area contributed by atoms with Crippen molar-refractivity contribution in [3.8, 4) is 0 Å². The number of pyridine rings is 1. The van der Waals surface area contributed by atoms with Gasteiger partial charge in [-0.2, -0.15) is 0 Å². The first-order chi connectivity index (χ1) is 11.7. The number of rotatable bonds is 4. The lowest BCUT2D eigenvalue weighted by Crippen LogP contribution is -2.48. The van der Waals surface area contributed by atoms with Gasteiger partial charge in [0.2, 0.25) is 5.91 Å². The van der Waals surface area contributed by atoms with Crippen molar-refractivity contribution in [3.05, 3.63) is 51.3 Å². The summed E-state index contributed by atoms with van der Waals surface area (Å²) in [5, 5.41) is 11.6. The van der Waals surface area contributed by atoms with E-state index in [1.165, 1.54) is 11.3 Å².